The van der Waals surface area contributed by atoms with Crippen LogP contribution in [0.4, 0.5) is 0 Å². The van der Waals surface area contributed by atoms with Crippen molar-refractivity contribution in [1.82, 2.24) is 9.78 Å². The third kappa shape index (κ3) is 2.70. The standard InChI is InChI=1S/C19H15N3O2/c1-12-13(2)21-22(19(24)17(12)10-20)11-18(23)16-8-7-14-5-3-4-6-15(14)9-16/h3-9H,11H2,1-2H3. The first-order chi connectivity index (χ1) is 11.5. The number of Topliss-reactive ketones (excluding diaryl/α,β-unsaturated/α-hetero) is 1. The van der Waals surface area contributed by atoms with Crippen LogP contribution in [-0.4, -0.2) is 15.6 Å². The molecule has 0 saturated heterocycles. The van der Waals surface area contributed by atoms with E-state index in [0.717, 1.165) is 15.5 Å². The lowest BCUT2D eigenvalue weighted by atomic mass is 10.0. The van der Waals surface area contributed by atoms with Crippen molar-refractivity contribution in [3.05, 3.63) is 75.2 Å². The average molecular weight is 317 g/mol. The Morgan fingerprint density at radius 1 is 1.17 bits per heavy atom. The summed E-state index contributed by atoms with van der Waals surface area (Å²) in [6.45, 7) is 3.21. The molecule has 24 heavy (non-hydrogen) atoms. The molecule has 0 radical (unpaired) electrons. The van der Waals surface area contributed by atoms with Gasteiger partial charge in [0, 0.05) is 5.56 Å². The SMILES string of the molecule is Cc1nn(CC(=O)c2ccc3ccccc3c2)c(=O)c(C#N)c1C. The van der Waals surface area contributed by atoms with E-state index in [1.54, 1.807) is 26.0 Å². The van der Waals surface area contributed by atoms with E-state index in [2.05, 4.69) is 5.10 Å². The van der Waals surface area contributed by atoms with Gasteiger partial charge in [-0.1, -0.05) is 36.4 Å². The summed E-state index contributed by atoms with van der Waals surface area (Å²) in [5, 5.41) is 15.3. The quantitative estimate of drug-likeness (QED) is 0.696. The number of aromatic nitrogens is 2. The molecule has 0 unspecified atom stereocenters. The van der Waals surface area contributed by atoms with Crippen LogP contribution in [-0.2, 0) is 6.54 Å². The highest BCUT2D eigenvalue weighted by atomic mass is 16.1. The van der Waals surface area contributed by atoms with E-state index in [1.807, 2.05) is 36.4 Å². The van der Waals surface area contributed by atoms with E-state index in [4.69, 9.17) is 5.26 Å². The van der Waals surface area contributed by atoms with Crippen molar-refractivity contribution in [1.29, 1.82) is 5.26 Å². The maximum Gasteiger partial charge on any atom is 0.285 e. The number of ketones is 1. The van der Waals surface area contributed by atoms with Crippen molar-refractivity contribution in [3.8, 4) is 6.07 Å². The number of nitriles is 1. The summed E-state index contributed by atoms with van der Waals surface area (Å²) in [4.78, 5) is 24.8. The number of benzene rings is 2. The molecular formula is C19H15N3O2. The molecule has 1 heterocycles. The van der Waals surface area contributed by atoms with E-state index < -0.39 is 5.56 Å². The number of nitrogens with zero attached hydrogens (tertiary/aromatic N) is 3. The average Bonchev–Trinajstić information content (AvgIpc) is 2.59. The van der Waals surface area contributed by atoms with Gasteiger partial charge in [-0.3, -0.25) is 9.59 Å². The van der Waals surface area contributed by atoms with Crippen LogP contribution < -0.4 is 5.56 Å². The minimum absolute atomic E-state index is 0.0359. The molecule has 118 valence electrons. The molecule has 0 aliphatic carbocycles. The molecule has 0 atom stereocenters. The van der Waals surface area contributed by atoms with Crippen molar-refractivity contribution >= 4 is 16.6 Å². The van der Waals surface area contributed by atoms with Crippen LogP contribution in [0.15, 0.2) is 47.3 Å². The monoisotopic (exact) mass is 317 g/mol. The summed E-state index contributed by atoms with van der Waals surface area (Å²) < 4.78 is 1.07. The first-order valence-corrected chi connectivity index (χ1v) is 7.51. The molecule has 3 rings (SSSR count). The first-order valence-electron chi connectivity index (χ1n) is 7.51. The fraction of sp³-hybridized carbons (Fsp3) is 0.158. The van der Waals surface area contributed by atoms with Gasteiger partial charge in [0.1, 0.15) is 18.2 Å². The summed E-state index contributed by atoms with van der Waals surface area (Å²) in [5.41, 5.74) is 1.14. The Morgan fingerprint density at radius 2 is 1.88 bits per heavy atom. The van der Waals surface area contributed by atoms with E-state index in [1.165, 1.54) is 0 Å². The zero-order valence-electron chi connectivity index (χ0n) is 13.4. The normalized spacial score (nSPS) is 10.5. The van der Waals surface area contributed by atoms with Gasteiger partial charge in [0.15, 0.2) is 5.78 Å². The van der Waals surface area contributed by atoms with Gasteiger partial charge in [0.2, 0.25) is 0 Å². The highest BCUT2D eigenvalue weighted by Crippen LogP contribution is 2.16. The molecule has 5 heteroatoms. The zero-order valence-corrected chi connectivity index (χ0v) is 13.4. The Morgan fingerprint density at radius 3 is 2.58 bits per heavy atom. The summed E-state index contributed by atoms with van der Waals surface area (Å²) in [5.74, 6) is -0.220. The molecule has 0 aliphatic rings. The zero-order chi connectivity index (χ0) is 17.3. The fourth-order valence-corrected chi connectivity index (χ4v) is 2.60. The molecule has 0 amide bonds. The van der Waals surface area contributed by atoms with E-state index in [9.17, 15) is 9.59 Å². The number of fused-ring (bicyclic) bond motifs is 1. The summed E-state index contributed by atoms with van der Waals surface area (Å²) in [7, 11) is 0. The second-order valence-electron chi connectivity index (χ2n) is 5.65. The molecule has 2 aromatic carbocycles. The number of carbonyl (C=O) groups excluding carboxylic acids is 1. The van der Waals surface area contributed by atoms with Crippen LogP contribution in [0, 0.1) is 25.2 Å². The lowest BCUT2D eigenvalue weighted by Gasteiger charge is -2.09. The lowest BCUT2D eigenvalue weighted by molar-refractivity contribution is 0.0965. The van der Waals surface area contributed by atoms with Crippen molar-refractivity contribution in [2.24, 2.45) is 0 Å². The van der Waals surface area contributed by atoms with E-state index >= 15 is 0 Å². The molecular weight excluding hydrogens is 302 g/mol. The third-order valence-corrected chi connectivity index (χ3v) is 4.11. The van der Waals surface area contributed by atoms with Crippen LogP contribution in [0.1, 0.15) is 27.2 Å². The highest BCUT2D eigenvalue weighted by molar-refractivity contribution is 5.99. The maximum absolute atomic E-state index is 12.5. The molecule has 0 saturated carbocycles. The van der Waals surface area contributed by atoms with Crippen molar-refractivity contribution in [3.63, 3.8) is 0 Å². The predicted molar refractivity (Wildman–Crippen MR) is 91.0 cm³/mol. The summed E-state index contributed by atoms with van der Waals surface area (Å²) >= 11 is 0. The Balaban J connectivity index is 1.99. The van der Waals surface area contributed by atoms with Crippen LogP contribution in [0.5, 0.6) is 0 Å². The van der Waals surface area contributed by atoms with Crippen molar-refractivity contribution < 1.29 is 4.79 Å². The summed E-state index contributed by atoms with van der Waals surface area (Å²) in [6, 6.07) is 15.1. The van der Waals surface area contributed by atoms with E-state index in [-0.39, 0.29) is 17.9 Å². The Kier molecular flexibility index (Phi) is 3.97. The smallest absolute Gasteiger partial charge is 0.285 e. The number of aryl methyl sites for hydroxylation is 1. The molecule has 0 aliphatic heterocycles. The topological polar surface area (TPSA) is 75.8 Å². The summed E-state index contributed by atoms with van der Waals surface area (Å²) in [6.07, 6.45) is 0. The Labute approximate surface area is 138 Å². The molecule has 0 fully saturated rings. The van der Waals surface area contributed by atoms with Crippen molar-refractivity contribution in [2.75, 3.05) is 0 Å². The molecule has 0 N–H and O–H groups in total. The second-order valence-corrected chi connectivity index (χ2v) is 5.65. The minimum atomic E-state index is -0.533. The lowest BCUT2D eigenvalue weighted by Crippen LogP contribution is -2.30. The molecule has 1 aromatic heterocycles. The number of hydrogen-bond acceptors (Lipinski definition) is 4. The molecule has 0 spiro atoms. The largest absolute Gasteiger partial charge is 0.292 e. The van der Waals surface area contributed by atoms with Crippen LogP contribution in [0.3, 0.4) is 0 Å². The van der Waals surface area contributed by atoms with Gasteiger partial charge in [-0.25, -0.2) is 4.68 Å². The molecule has 0 bridgehead atoms. The minimum Gasteiger partial charge on any atom is -0.292 e. The maximum atomic E-state index is 12.5. The fourth-order valence-electron chi connectivity index (χ4n) is 2.60. The Bertz CT molecular complexity index is 1060. The number of rotatable bonds is 3. The van der Waals surface area contributed by atoms with Crippen LogP contribution in [0.25, 0.3) is 10.8 Å². The Hall–Kier alpha value is -3.26. The van der Waals surface area contributed by atoms with Gasteiger partial charge in [-0.2, -0.15) is 10.4 Å². The molecule has 5 nitrogen and oxygen atoms in total. The van der Waals surface area contributed by atoms with Crippen LogP contribution >= 0.6 is 0 Å². The number of carbonyl (C=O) groups is 1. The van der Waals surface area contributed by atoms with Gasteiger partial charge in [-0.05, 0) is 36.2 Å². The van der Waals surface area contributed by atoms with Gasteiger partial charge in [0.05, 0.1) is 5.69 Å². The molecule has 3 aromatic rings. The van der Waals surface area contributed by atoms with E-state index in [0.29, 0.717) is 16.8 Å². The highest BCUT2D eigenvalue weighted by Gasteiger charge is 2.15. The van der Waals surface area contributed by atoms with Crippen molar-refractivity contribution in [2.45, 2.75) is 20.4 Å². The third-order valence-electron chi connectivity index (χ3n) is 4.11. The van der Waals surface area contributed by atoms with Gasteiger partial charge in [-0.15, -0.1) is 0 Å². The van der Waals surface area contributed by atoms with Gasteiger partial charge < -0.3 is 0 Å². The van der Waals surface area contributed by atoms with Gasteiger partial charge >= 0.3 is 0 Å². The second kappa shape index (κ2) is 6.09. The number of hydrogen-bond donors (Lipinski definition) is 0. The van der Waals surface area contributed by atoms with Gasteiger partial charge in [0.25, 0.3) is 5.56 Å². The predicted octanol–water partition coefficient (Wildman–Crippen LogP) is 2.77. The first kappa shape index (κ1) is 15.6. The van der Waals surface area contributed by atoms with Crippen LogP contribution in [0.2, 0.25) is 0 Å².